The van der Waals surface area contributed by atoms with Crippen molar-refractivity contribution in [1.29, 1.82) is 0 Å². The van der Waals surface area contributed by atoms with Gasteiger partial charge >= 0.3 is 11.9 Å². The van der Waals surface area contributed by atoms with Gasteiger partial charge in [0.15, 0.2) is 11.4 Å². The molecule has 6 heteroatoms. The zero-order chi connectivity index (χ0) is 19.0. The smallest absolute Gasteiger partial charge is 0.359 e. The van der Waals surface area contributed by atoms with E-state index in [0.29, 0.717) is 0 Å². The van der Waals surface area contributed by atoms with E-state index >= 15 is 0 Å². The highest BCUT2D eigenvalue weighted by Gasteiger charge is 2.28. The summed E-state index contributed by atoms with van der Waals surface area (Å²) in [6.45, 7) is 12.0. The summed E-state index contributed by atoms with van der Waals surface area (Å²) in [6, 6.07) is 0. The number of ether oxygens (including phenoxy) is 2. The zero-order valence-electron chi connectivity index (χ0n) is 16.3. The Morgan fingerprint density at radius 3 is 1.80 bits per heavy atom. The van der Waals surface area contributed by atoms with E-state index in [4.69, 9.17) is 9.47 Å². The summed E-state index contributed by atoms with van der Waals surface area (Å²) < 4.78 is 11.0. The van der Waals surface area contributed by atoms with Crippen LogP contribution >= 0.6 is 0 Å². The fourth-order valence-corrected chi connectivity index (χ4v) is 3.15. The van der Waals surface area contributed by atoms with Gasteiger partial charge in [0.1, 0.15) is 12.2 Å². The second-order valence-electron chi connectivity index (χ2n) is 6.50. The molecule has 0 amide bonds. The van der Waals surface area contributed by atoms with E-state index in [2.05, 4.69) is 37.7 Å². The van der Waals surface area contributed by atoms with Crippen molar-refractivity contribution >= 4 is 11.9 Å². The van der Waals surface area contributed by atoms with Crippen LogP contribution in [0.2, 0.25) is 0 Å². The molecular weight excluding hydrogens is 320 g/mol. The van der Waals surface area contributed by atoms with E-state index in [1.165, 1.54) is 6.33 Å². The van der Waals surface area contributed by atoms with Gasteiger partial charge in [0, 0.05) is 0 Å². The van der Waals surface area contributed by atoms with Crippen molar-refractivity contribution < 1.29 is 19.1 Å². The van der Waals surface area contributed by atoms with Crippen LogP contribution in [0, 0.1) is 11.8 Å². The molecule has 1 aromatic rings. The van der Waals surface area contributed by atoms with Gasteiger partial charge in [0.25, 0.3) is 0 Å². The third kappa shape index (κ3) is 5.58. The number of hydrogen-bond donors (Lipinski definition) is 1. The number of imidazole rings is 1. The summed E-state index contributed by atoms with van der Waals surface area (Å²) in [7, 11) is 0. The average Bonchev–Trinajstić information content (AvgIpc) is 3.06. The van der Waals surface area contributed by atoms with E-state index in [1.54, 1.807) is 0 Å². The van der Waals surface area contributed by atoms with Crippen molar-refractivity contribution in [2.75, 3.05) is 0 Å². The molecule has 0 fully saturated rings. The maximum atomic E-state index is 12.4. The predicted octanol–water partition coefficient (Wildman–Crippen LogP) is 4.37. The molecule has 0 saturated carbocycles. The molecule has 6 nitrogen and oxygen atoms in total. The highest BCUT2D eigenvalue weighted by molar-refractivity contribution is 6.00. The average molecular weight is 352 g/mol. The van der Waals surface area contributed by atoms with Crippen molar-refractivity contribution in [2.45, 2.75) is 79.4 Å². The summed E-state index contributed by atoms with van der Waals surface area (Å²) in [5.41, 5.74) is 0.0408. The van der Waals surface area contributed by atoms with Gasteiger partial charge in [0.05, 0.1) is 6.33 Å². The third-order valence-electron chi connectivity index (χ3n) is 5.05. The monoisotopic (exact) mass is 352 g/mol. The minimum absolute atomic E-state index is 0.0143. The maximum absolute atomic E-state index is 12.4. The summed E-state index contributed by atoms with van der Waals surface area (Å²) in [4.78, 5) is 31.5. The van der Waals surface area contributed by atoms with Gasteiger partial charge in [-0.1, -0.05) is 27.7 Å². The third-order valence-corrected chi connectivity index (χ3v) is 5.05. The van der Waals surface area contributed by atoms with Crippen molar-refractivity contribution in [1.82, 2.24) is 9.97 Å². The fourth-order valence-electron chi connectivity index (χ4n) is 3.15. The SMILES string of the molecule is CCC(CC)C(C)OC(=O)c1nc[nH]c1C(=O)OC(C)C(CC)CC. The minimum Gasteiger partial charge on any atom is -0.458 e. The zero-order valence-corrected chi connectivity index (χ0v) is 16.3. The Bertz CT molecular complexity index is 501. The fraction of sp³-hybridized carbons (Fsp3) is 0.737. The Morgan fingerprint density at radius 1 is 0.920 bits per heavy atom. The van der Waals surface area contributed by atoms with E-state index in [0.717, 1.165) is 25.7 Å². The normalized spacial score (nSPS) is 13.8. The lowest BCUT2D eigenvalue weighted by Gasteiger charge is -2.22. The molecule has 0 aliphatic heterocycles. The first-order valence-corrected chi connectivity index (χ1v) is 9.34. The molecule has 1 N–H and O–H groups in total. The molecule has 1 heterocycles. The highest BCUT2D eigenvalue weighted by atomic mass is 16.6. The van der Waals surface area contributed by atoms with Crippen molar-refractivity contribution in [3.63, 3.8) is 0 Å². The van der Waals surface area contributed by atoms with Gasteiger partial charge in [-0.15, -0.1) is 0 Å². The molecule has 1 rings (SSSR count). The van der Waals surface area contributed by atoms with Crippen LogP contribution in [0.25, 0.3) is 0 Å². The lowest BCUT2D eigenvalue weighted by Crippen LogP contribution is -2.26. The Balaban J connectivity index is 2.81. The molecule has 0 radical (unpaired) electrons. The van der Waals surface area contributed by atoms with Gasteiger partial charge in [-0.05, 0) is 51.4 Å². The van der Waals surface area contributed by atoms with Crippen LogP contribution in [0.4, 0.5) is 0 Å². The minimum atomic E-state index is -0.595. The standard InChI is InChI=1S/C19H32N2O4/c1-7-14(8-2)12(5)24-18(22)16-17(21-11-20-16)19(23)25-13(6)15(9-3)10-4/h11-15H,7-10H2,1-6H3,(H,20,21). The Labute approximate surface area is 150 Å². The number of hydrogen-bond acceptors (Lipinski definition) is 5. The van der Waals surface area contributed by atoms with Gasteiger partial charge in [-0.25, -0.2) is 14.6 Å². The summed E-state index contributed by atoms with van der Waals surface area (Å²) in [5, 5.41) is 0. The quantitative estimate of drug-likeness (QED) is 0.632. The number of nitrogens with one attached hydrogen (secondary N) is 1. The number of aromatic nitrogens is 2. The molecular formula is C19H32N2O4. The van der Waals surface area contributed by atoms with Crippen LogP contribution in [0.1, 0.15) is 88.2 Å². The van der Waals surface area contributed by atoms with E-state index < -0.39 is 11.9 Å². The number of esters is 2. The second kappa shape index (κ2) is 10.2. The molecule has 2 atom stereocenters. The molecule has 0 spiro atoms. The molecule has 25 heavy (non-hydrogen) atoms. The summed E-state index contributed by atoms with van der Waals surface area (Å²) >= 11 is 0. The highest BCUT2D eigenvalue weighted by Crippen LogP contribution is 2.20. The van der Waals surface area contributed by atoms with Gasteiger partial charge in [-0.2, -0.15) is 0 Å². The number of aromatic amines is 1. The molecule has 0 aliphatic carbocycles. The van der Waals surface area contributed by atoms with Crippen molar-refractivity contribution in [3.8, 4) is 0 Å². The lowest BCUT2D eigenvalue weighted by molar-refractivity contribution is 0.0131. The summed E-state index contributed by atoms with van der Waals surface area (Å²) in [6.07, 6.45) is 4.56. The molecule has 0 aromatic carbocycles. The van der Waals surface area contributed by atoms with Crippen LogP contribution in [0.15, 0.2) is 6.33 Å². The number of carbonyl (C=O) groups excluding carboxylic acids is 2. The molecule has 142 valence electrons. The molecule has 2 unspecified atom stereocenters. The molecule has 0 saturated heterocycles. The van der Waals surface area contributed by atoms with Gasteiger partial charge in [0.2, 0.25) is 0 Å². The lowest BCUT2D eigenvalue weighted by atomic mass is 9.98. The largest absolute Gasteiger partial charge is 0.458 e. The maximum Gasteiger partial charge on any atom is 0.359 e. The molecule has 0 aliphatic rings. The van der Waals surface area contributed by atoms with Crippen LogP contribution in [0.3, 0.4) is 0 Å². The van der Waals surface area contributed by atoms with Crippen molar-refractivity contribution in [3.05, 3.63) is 17.7 Å². The first kappa shape index (κ1) is 21.2. The number of nitrogens with zero attached hydrogens (tertiary/aromatic N) is 1. The first-order chi connectivity index (χ1) is 11.9. The Morgan fingerprint density at radius 2 is 1.36 bits per heavy atom. The second-order valence-corrected chi connectivity index (χ2v) is 6.50. The van der Waals surface area contributed by atoms with Crippen LogP contribution in [-0.4, -0.2) is 34.1 Å². The van der Waals surface area contributed by atoms with Gasteiger partial charge < -0.3 is 14.5 Å². The van der Waals surface area contributed by atoms with Crippen molar-refractivity contribution in [2.24, 2.45) is 11.8 Å². The van der Waals surface area contributed by atoms with Gasteiger partial charge in [-0.3, -0.25) is 0 Å². The Kier molecular flexibility index (Phi) is 8.66. The first-order valence-electron chi connectivity index (χ1n) is 9.34. The van der Waals surface area contributed by atoms with E-state index in [-0.39, 0.29) is 35.4 Å². The van der Waals surface area contributed by atoms with E-state index in [1.807, 2.05) is 13.8 Å². The van der Waals surface area contributed by atoms with Crippen LogP contribution < -0.4 is 0 Å². The number of H-pyrrole nitrogens is 1. The summed E-state index contributed by atoms with van der Waals surface area (Å²) in [5.74, 6) is -0.591. The molecule has 1 aromatic heterocycles. The van der Waals surface area contributed by atoms with Crippen LogP contribution in [0.5, 0.6) is 0 Å². The molecule has 0 bridgehead atoms. The van der Waals surface area contributed by atoms with E-state index in [9.17, 15) is 9.59 Å². The predicted molar refractivity (Wildman–Crippen MR) is 96.5 cm³/mol. The Hall–Kier alpha value is -1.85. The topological polar surface area (TPSA) is 81.3 Å². The number of carbonyl (C=O) groups is 2. The number of rotatable bonds is 10. The van der Waals surface area contributed by atoms with Crippen LogP contribution in [-0.2, 0) is 9.47 Å².